The molecule has 0 N–H and O–H groups in total. The Balaban J connectivity index is -0.000000107. The number of rotatable bonds is 2. The van der Waals surface area contributed by atoms with Crippen molar-refractivity contribution in [3.8, 4) is 0 Å². The molecular weight excluding hydrogens is 184 g/mol. The molecule has 0 aromatic carbocycles. The van der Waals surface area contributed by atoms with E-state index in [4.69, 9.17) is 9.59 Å². The van der Waals surface area contributed by atoms with Gasteiger partial charge in [-0.2, -0.15) is 35.2 Å². The first-order chi connectivity index (χ1) is 4.83. The fraction of sp³-hybridized carbons (Fsp3) is 0.600. The van der Waals surface area contributed by atoms with Crippen molar-refractivity contribution in [2.24, 2.45) is 9.98 Å². The molecule has 0 unspecified atom stereocenters. The Morgan fingerprint density at radius 1 is 1.00 bits per heavy atom. The standard InChI is InChI=1S/2C2H3NOS.CH4/c2*4-1-3-2-5;/h2*5H,2H2;1H4. The van der Waals surface area contributed by atoms with Gasteiger partial charge in [-0.1, -0.05) is 7.43 Å². The summed E-state index contributed by atoms with van der Waals surface area (Å²) in [7, 11) is 0. The Bertz CT molecular complexity index is 133. The van der Waals surface area contributed by atoms with Gasteiger partial charge in [0.25, 0.3) is 0 Å². The topological polar surface area (TPSA) is 58.9 Å². The first-order valence-electron chi connectivity index (χ1n) is 2.12. The van der Waals surface area contributed by atoms with E-state index in [9.17, 15) is 0 Å². The van der Waals surface area contributed by atoms with Crippen LogP contribution in [0, 0.1) is 0 Å². The maximum absolute atomic E-state index is 9.06. The summed E-state index contributed by atoms with van der Waals surface area (Å²) in [5.74, 6) is 0.479. The van der Waals surface area contributed by atoms with Crippen LogP contribution in [-0.2, 0) is 9.59 Å². The zero-order valence-corrected chi connectivity index (χ0v) is 6.81. The molecule has 6 heteroatoms. The molecule has 0 saturated carbocycles. The van der Waals surface area contributed by atoms with Gasteiger partial charge >= 0.3 is 0 Å². The molecule has 11 heavy (non-hydrogen) atoms. The maximum atomic E-state index is 9.06. The fourth-order valence-electron chi connectivity index (χ4n) is 0.0577. The molecule has 0 aromatic rings. The van der Waals surface area contributed by atoms with E-state index >= 15 is 0 Å². The fourth-order valence-corrected chi connectivity index (χ4v) is 0.173. The second-order valence-corrected chi connectivity index (χ2v) is 1.35. The molecule has 0 atom stereocenters. The van der Waals surface area contributed by atoms with Gasteiger partial charge in [0.2, 0.25) is 12.2 Å². The van der Waals surface area contributed by atoms with E-state index in [2.05, 4.69) is 35.2 Å². The lowest BCUT2D eigenvalue weighted by Gasteiger charge is -1.58. The molecule has 0 aliphatic rings. The Hall–Kier alpha value is -0.540. The van der Waals surface area contributed by atoms with Gasteiger partial charge in [-0.15, -0.1) is 0 Å². The third-order valence-electron chi connectivity index (χ3n) is 0.271. The van der Waals surface area contributed by atoms with E-state index < -0.39 is 0 Å². The summed E-state index contributed by atoms with van der Waals surface area (Å²) in [6.07, 6.45) is 2.63. The van der Waals surface area contributed by atoms with Crippen molar-refractivity contribution in [3.63, 3.8) is 0 Å². The number of hydrogen-bond acceptors (Lipinski definition) is 6. The van der Waals surface area contributed by atoms with Gasteiger partial charge in [0.15, 0.2) is 0 Å². The van der Waals surface area contributed by atoms with E-state index in [1.807, 2.05) is 0 Å². The zero-order chi connectivity index (χ0) is 8.24. The van der Waals surface area contributed by atoms with Crippen LogP contribution in [0.4, 0.5) is 0 Å². The molecule has 64 valence electrons. The molecule has 0 rings (SSSR count). The van der Waals surface area contributed by atoms with Crippen LogP contribution in [0.3, 0.4) is 0 Å². The highest BCUT2D eigenvalue weighted by Crippen LogP contribution is 1.66. The van der Waals surface area contributed by atoms with Crippen LogP contribution in [-0.4, -0.2) is 23.9 Å². The Morgan fingerprint density at radius 2 is 1.27 bits per heavy atom. The number of carbonyl (C=O) groups excluding carboxylic acids is 2. The van der Waals surface area contributed by atoms with Gasteiger partial charge in [-0.25, -0.2) is 9.59 Å². The van der Waals surface area contributed by atoms with Crippen molar-refractivity contribution in [3.05, 3.63) is 0 Å². The molecule has 0 heterocycles. The van der Waals surface area contributed by atoms with Gasteiger partial charge < -0.3 is 0 Å². The molecule has 0 aliphatic heterocycles. The third-order valence-corrected chi connectivity index (χ3v) is 0.553. The predicted molar refractivity (Wildman–Crippen MR) is 50.7 cm³/mol. The highest BCUT2D eigenvalue weighted by Gasteiger charge is 1.52. The molecule has 0 bridgehead atoms. The lowest BCUT2D eigenvalue weighted by Crippen LogP contribution is -1.53. The number of thiol groups is 2. The monoisotopic (exact) mass is 194 g/mol. The first kappa shape index (κ1) is 16.8. The van der Waals surface area contributed by atoms with E-state index in [1.165, 1.54) is 12.2 Å². The van der Waals surface area contributed by atoms with E-state index in [0.29, 0.717) is 0 Å². The van der Waals surface area contributed by atoms with Gasteiger partial charge in [-0.3, -0.25) is 0 Å². The second kappa shape index (κ2) is 22.7. The minimum atomic E-state index is 0. The van der Waals surface area contributed by atoms with Crippen molar-refractivity contribution in [2.45, 2.75) is 7.43 Å². The molecule has 0 spiro atoms. The molecule has 0 aromatic heterocycles. The Kier molecular flexibility index (Phi) is 34.7. The zero-order valence-electron chi connectivity index (χ0n) is 5.02. The summed E-state index contributed by atoms with van der Waals surface area (Å²) in [6.45, 7) is 0. The second-order valence-electron chi connectivity index (χ2n) is 0.782. The first-order valence-corrected chi connectivity index (χ1v) is 3.39. The van der Waals surface area contributed by atoms with Crippen molar-refractivity contribution in [2.75, 3.05) is 11.8 Å². The molecule has 4 nitrogen and oxygen atoms in total. The minimum absolute atomic E-state index is 0. The lowest BCUT2D eigenvalue weighted by atomic mass is 11.4. The van der Waals surface area contributed by atoms with Crippen LogP contribution in [0.2, 0.25) is 0 Å². The SMILES string of the molecule is C.O=C=NCS.O=C=NCS. The minimum Gasteiger partial charge on any atom is -0.211 e. The number of aliphatic imine (C=N–C) groups is 2. The molecule has 0 aliphatic carbocycles. The highest BCUT2D eigenvalue weighted by molar-refractivity contribution is 7.80. The third kappa shape index (κ3) is 44.0. The van der Waals surface area contributed by atoms with Crippen LogP contribution in [0.15, 0.2) is 9.98 Å². The maximum Gasteiger partial charge on any atom is 0.235 e. The largest absolute Gasteiger partial charge is 0.235 e. The van der Waals surface area contributed by atoms with E-state index in [0.717, 1.165) is 0 Å². The molecular formula is C5H10N2O2S2. The average Bonchev–Trinajstić information content (AvgIpc) is 1.93. The summed E-state index contributed by atoms with van der Waals surface area (Å²) >= 11 is 7.14. The van der Waals surface area contributed by atoms with Gasteiger partial charge in [0.05, 0.1) is 11.8 Å². The van der Waals surface area contributed by atoms with Crippen molar-refractivity contribution >= 4 is 37.4 Å². The quantitative estimate of drug-likeness (QED) is 0.392. The summed E-state index contributed by atoms with van der Waals surface area (Å²) < 4.78 is 0. The van der Waals surface area contributed by atoms with Crippen molar-refractivity contribution in [1.82, 2.24) is 0 Å². The summed E-state index contributed by atoms with van der Waals surface area (Å²) in [4.78, 5) is 24.2. The van der Waals surface area contributed by atoms with Crippen LogP contribution < -0.4 is 0 Å². The van der Waals surface area contributed by atoms with Gasteiger partial charge in [-0.05, 0) is 0 Å². The summed E-state index contributed by atoms with van der Waals surface area (Å²) in [6, 6.07) is 0. The summed E-state index contributed by atoms with van der Waals surface area (Å²) in [5, 5.41) is 0. The highest BCUT2D eigenvalue weighted by atomic mass is 32.1. The van der Waals surface area contributed by atoms with Crippen LogP contribution in [0.1, 0.15) is 7.43 Å². The molecule has 0 radical (unpaired) electrons. The predicted octanol–water partition coefficient (Wildman–Crippen LogP) is 1.06. The van der Waals surface area contributed by atoms with Gasteiger partial charge in [0.1, 0.15) is 0 Å². The molecule has 0 saturated heterocycles. The van der Waals surface area contributed by atoms with Crippen molar-refractivity contribution < 1.29 is 9.59 Å². The lowest BCUT2D eigenvalue weighted by molar-refractivity contribution is 0.563. The number of nitrogens with zero attached hydrogens (tertiary/aromatic N) is 2. The Morgan fingerprint density at radius 3 is 1.27 bits per heavy atom. The van der Waals surface area contributed by atoms with Crippen LogP contribution in [0.25, 0.3) is 0 Å². The normalized spacial score (nSPS) is 5.27. The van der Waals surface area contributed by atoms with Crippen LogP contribution >= 0.6 is 25.3 Å². The van der Waals surface area contributed by atoms with E-state index in [-0.39, 0.29) is 19.2 Å². The number of isocyanates is 2. The molecule has 0 fully saturated rings. The number of hydrogen-bond donors (Lipinski definition) is 2. The smallest absolute Gasteiger partial charge is 0.211 e. The van der Waals surface area contributed by atoms with E-state index in [1.54, 1.807) is 0 Å². The average molecular weight is 194 g/mol. The van der Waals surface area contributed by atoms with Crippen molar-refractivity contribution in [1.29, 1.82) is 0 Å². The summed E-state index contributed by atoms with van der Waals surface area (Å²) in [5.41, 5.74) is 0. The van der Waals surface area contributed by atoms with Gasteiger partial charge in [0, 0.05) is 0 Å². The Labute approximate surface area is 76.6 Å². The molecule has 0 amide bonds. The van der Waals surface area contributed by atoms with Crippen LogP contribution in [0.5, 0.6) is 0 Å².